The van der Waals surface area contributed by atoms with Gasteiger partial charge in [-0.3, -0.25) is 4.99 Å². The molecule has 9 nitrogen and oxygen atoms in total. The Balaban J connectivity index is 0.00000480. The molecule has 2 aliphatic rings. The van der Waals surface area contributed by atoms with E-state index in [9.17, 15) is 9.59 Å². The second-order valence-electron chi connectivity index (χ2n) is 9.23. The summed E-state index contributed by atoms with van der Waals surface area (Å²) in [5.41, 5.74) is 4.89. The van der Waals surface area contributed by atoms with Crippen molar-refractivity contribution in [1.82, 2.24) is 20.4 Å². The molecular weight excluding hydrogens is 511 g/mol. The fraction of sp³-hybridized carbons (Fsp3) is 0.857. The van der Waals surface area contributed by atoms with Crippen molar-refractivity contribution >= 4 is 42.1 Å². The number of hydrogen-bond donors (Lipinski definition) is 3. The molecule has 0 bridgehead atoms. The first-order valence-electron chi connectivity index (χ1n) is 11.2. The van der Waals surface area contributed by atoms with Gasteiger partial charge < -0.3 is 30.9 Å². The lowest BCUT2D eigenvalue weighted by Gasteiger charge is -2.34. The number of carbonyl (C=O) groups excluding carboxylic acids is 2. The summed E-state index contributed by atoms with van der Waals surface area (Å²) in [4.78, 5) is 31.9. The van der Waals surface area contributed by atoms with Gasteiger partial charge in [-0.2, -0.15) is 0 Å². The monoisotopic (exact) mass is 552 g/mol. The van der Waals surface area contributed by atoms with Gasteiger partial charge in [-0.25, -0.2) is 9.59 Å². The van der Waals surface area contributed by atoms with Gasteiger partial charge in [0.15, 0.2) is 5.96 Å². The normalized spacial score (nSPS) is 20.6. The van der Waals surface area contributed by atoms with E-state index < -0.39 is 5.60 Å². The number of ether oxygens (including phenoxy) is 1. The first-order chi connectivity index (χ1) is 14.2. The molecule has 3 amide bonds. The lowest BCUT2D eigenvalue weighted by molar-refractivity contribution is 0.0163. The fourth-order valence-electron chi connectivity index (χ4n) is 3.91. The molecule has 180 valence electrons. The Labute approximate surface area is 203 Å². The number of primary amides is 1. The van der Waals surface area contributed by atoms with Crippen LogP contribution in [0.2, 0.25) is 0 Å². The van der Waals surface area contributed by atoms with Gasteiger partial charge in [-0.1, -0.05) is 0 Å². The van der Waals surface area contributed by atoms with Crippen LogP contribution < -0.4 is 16.4 Å². The van der Waals surface area contributed by atoms with E-state index in [2.05, 4.69) is 10.6 Å². The molecule has 0 saturated carbocycles. The van der Waals surface area contributed by atoms with Crippen LogP contribution in [0.4, 0.5) is 9.59 Å². The van der Waals surface area contributed by atoms with Crippen molar-refractivity contribution in [3.8, 4) is 0 Å². The number of guanidine groups is 1. The molecule has 1 atom stereocenters. The molecule has 2 heterocycles. The summed E-state index contributed by atoms with van der Waals surface area (Å²) in [6.07, 6.45) is 4.57. The molecule has 0 aromatic heterocycles. The minimum atomic E-state index is -0.464. The number of carbonyl (C=O) groups is 2. The third-order valence-electron chi connectivity index (χ3n) is 5.47. The maximum absolute atomic E-state index is 12.3. The minimum absolute atomic E-state index is 0. The average molecular weight is 553 g/mol. The first-order valence-corrected chi connectivity index (χ1v) is 11.2. The highest BCUT2D eigenvalue weighted by Gasteiger charge is 2.27. The van der Waals surface area contributed by atoms with Crippen molar-refractivity contribution in [2.75, 3.05) is 39.3 Å². The highest BCUT2D eigenvalue weighted by atomic mass is 127. The molecule has 31 heavy (non-hydrogen) atoms. The third-order valence-corrected chi connectivity index (χ3v) is 5.47. The van der Waals surface area contributed by atoms with Gasteiger partial charge in [0, 0.05) is 45.3 Å². The number of nitrogens with two attached hydrogens (primary N) is 1. The van der Waals surface area contributed by atoms with Crippen LogP contribution in [0.25, 0.3) is 0 Å². The Morgan fingerprint density at radius 1 is 1.13 bits per heavy atom. The molecule has 0 aromatic carbocycles. The highest BCUT2D eigenvalue weighted by molar-refractivity contribution is 14.0. The van der Waals surface area contributed by atoms with Crippen molar-refractivity contribution < 1.29 is 14.3 Å². The predicted molar refractivity (Wildman–Crippen MR) is 134 cm³/mol. The summed E-state index contributed by atoms with van der Waals surface area (Å²) in [7, 11) is 0. The predicted octanol–water partition coefficient (Wildman–Crippen LogP) is 2.74. The Morgan fingerprint density at radius 2 is 1.81 bits per heavy atom. The minimum Gasteiger partial charge on any atom is -0.444 e. The number of aliphatic imine (C=N–C) groups is 1. The molecule has 2 fully saturated rings. The van der Waals surface area contributed by atoms with E-state index in [0.717, 1.165) is 57.7 Å². The van der Waals surface area contributed by atoms with Crippen LogP contribution in [0.1, 0.15) is 59.8 Å². The lowest BCUT2D eigenvalue weighted by Crippen LogP contribution is -2.50. The zero-order valence-corrected chi connectivity index (χ0v) is 21.8. The number of halogens is 1. The molecule has 0 aromatic rings. The standard InChI is InChI=1S/C21H40N6O3.HI/c1-5-23-19(25-17-9-13-26(14-10-17)18(22)28)24-11-8-16-7-6-12-27(15-16)20(29)30-21(2,3)4;/h16-17H,5-15H2,1-4H3,(H2,22,28)(H2,23,24,25);1H. The summed E-state index contributed by atoms with van der Waals surface area (Å²) in [5, 5.41) is 6.79. The lowest BCUT2D eigenvalue weighted by atomic mass is 9.95. The first kappa shape index (κ1) is 27.6. The van der Waals surface area contributed by atoms with Gasteiger partial charge in [-0.15, -0.1) is 24.0 Å². The number of piperidine rings is 2. The summed E-state index contributed by atoms with van der Waals surface area (Å²) >= 11 is 0. The Kier molecular flexibility index (Phi) is 11.7. The summed E-state index contributed by atoms with van der Waals surface area (Å²) in [6.45, 7) is 12.1. The van der Waals surface area contributed by atoms with Crippen LogP contribution in [0.5, 0.6) is 0 Å². The van der Waals surface area contributed by atoms with Crippen LogP contribution in [0.3, 0.4) is 0 Å². The quantitative estimate of drug-likeness (QED) is 0.276. The van der Waals surface area contributed by atoms with Gasteiger partial charge >= 0.3 is 12.1 Å². The Bertz CT molecular complexity index is 602. The molecule has 2 saturated heterocycles. The molecule has 1 unspecified atom stereocenters. The van der Waals surface area contributed by atoms with Gasteiger partial charge in [-0.05, 0) is 65.7 Å². The van der Waals surface area contributed by atoms with Crippen molar-refractivity contribution in [3.05, 3.63) is 0 Å². The number of likely N-dealkylation sites (tertiary alicyclic amines) is 2. The van der Waals surface area contributed by atoms with Crippen LogP contribution >= 0.6 is 24.0 Å². The molecule has 0 spiro atoms. The van der Waals surface area contributed by atoms with Crippen LogP contribution in [0, 0.1) is 5.92 Å². The second kappa shape index (κ2) is 13.2. The number of urea groups is 1. The van der Waals surface area contributed by atoms with Gasteiger partial charge in [0.05, 0.1) is 0 Å². The SMILES string of the molecule is CCNC(=NCCC1CCCN(C(=O)OC(C)(C)C)C1)NC1CCN(C(N)=O)CC1.I. The Hall–Kier alpha value is -1.46. The molecular formula is C21H41IN6O3. The second-order valence-corrected chi connectivity index (χ2v) is 9.23. The summed E-state index contributed by atoms with van der Waals surface area (Å²) in [5.74, 6) is 1.26. The van der Waals surface area contributed by atoms with E-state index in [0.29, 0.717) is 25.6 Å². The number of rotatable bonds is 5. The zero-order chi connectivity index (χ0) is 22.1. The molecule has 4 N–H and O–H groups in total. The number of nitrogens with zero attached hydrogens (tertiary/aromatic N) is 3. The van der Waals surface area contributed by atoms with Crippen LogP contribution in [0.15, 0.2) is 4.99 Å². The summed E-state index contributed by atoms with van der Waals surface area (Å²) in [6, 6.07) is -0.0577. The Morgan fingerprint density at radius 3 is 2.39 bits per heavy atom. The average Bonchev–Trinajstić information content (AvgIpc) is 2.67. The van der Waals surface area contributed by atoms with Gasteiger partial charge in [0.25, 0.3) is 0 Å². The number of nitrogens with one attached hydrogen (secondary N) is 2. The van der Waals surface area contributed by atoms with Crippen molar-refractivity contribution in [3.63, 3.8) is 0 Å². The van der Waals surface area contributed by atoms with Crippen LogP contribution in [-0.2, 0) is 4.74 Å². The number of amides is 3. The van der Waals surface area contributed by atoms with Crippen molar-refractivity contribution in [2.24, 2.45) is 16.6 Å². The van der Waals surface area contributed by atoms with E-state index >= 15 is 0 Å². The zero-order valence-electron chi connectivity index (χ0n) is 19.5. The van der Waals surface area contributed by atoms with Crippen molar-refractivity contribution in [1.29, 1.82) is 0 Å². The molecule has 2 rings (SSSR count). The highest BCUT2D eigenvalue weighted by Crippen LogP contribution is 2.21. The van der Waals surface area contributed by atoms with E-state index in [-0.39, 0.29) is 42.1 Å². The molecule has 10 heteroatoms. The molecule has 0 aliphatic carbocycles. The van der Waals surface area contributed by atoms with Gasteiger partial charge in [0.1, 0.15) is 5.60 Å². The van der Waals surface area contributed by atoms with E-state index in [4.69, 9.17) is 15.5 Å². The number of hydrogen-bond acceptors (Lipinski definition) is 4. The van der Waals surface area contributed by atoms with E-state index in [1.54, 1.807) is 4.90 Å². The topological polar surface area (TPSA) is 112 Å². The van der Waals surface area contributed by atoms with Crippen LogP contribution in [-0.4, -0.2) is 78.8 Å². The van der Waals surface area contributed by atoms with E-state index in [1.807, 2.05) is 32.6 Å². The molecule has 2 aliphatic heterocycles. The third kappa shape index (κ3) is 10.1. The largest absolute Gasteiger partial charge is 0.444 e. The smallest absolute Gasteiger partial charge is 0.410 e. The maximum Gasteiger partial charge on any atom is 0.410 e. The summed E-state index contributed by atoms with van der Waals surface area (Å²) < 4.78 is 5.51. The van der Waals surface area contributed by atoms with Crippen molar-refractivity contribution in [2.45, 2.75) is 71.4 Å². The molecule has 0 radical (unpaired) electrons. The maximum atomic E-state index is 12.3. The van der Waals surface area contributed by atoms with E-state index in [1.165, 1.54) is 0 Å². The fourth-order valence-corrected chi connectivity index (χ4v) is 3.91. The van der Waals surface area contributed by atoms with Gasteiger partial charge in [0.2, 0.25) is 0 Å².